The molecule has 0 aliphatic carbocycles. The summed E-state index contributed by atoms with van der Waals surface area (Å²) in [4.78, 5) is 13.0. The number of nitrogens with zero attached hydrogens (tertiary/aromatic N) is 1. The molecule has 0 saturated heterocycles. The van der Waals surface area contributed by atoms with Gasteiger partial charge in [-0.3, -0.25) is 4.79 Å². The molecule has 0 spiro atoms. The lowest BCUT2D eigenvalue weighted by molar-refractivity contribution is -0.112. The van der Waals surface area contributed by atoms with Crippen LogP contribution >= 0.6 is 11.8 Å². The van der Waals surface area contributed by atoms with Crippen molar-refractivity contribution >= 4 is 17.5 Å². The lowest BCUT2D eigenvalue weighted by Gasteiger charge is -2.10. The molecule has 0 atom stereocenters. The minimum atomic E-state index is -0.216. The highest BCUT2D eigenvalue weighted by Gasteiger charge is 2.13. The lowest BCUT2D eigenvalue weighted by Crippen LogP contribution is -2.10. The summed E-state index contributed by atoms with van der Waals surface area (Å²) < 4.78 is 0. The Morgan fingerprint density at radius 3 is 2.26 bits per heavy atom. The van der Waals surface area contributed by atoms with E-state index in [1.807, 2.05) is 26.8 Å². The third kappa shape index (κ3) is 3.87. The Hall–Kier alpha value is -1.73. The van der Waals surface area contributed by atoms with Crippen LogP contribution in [0, 0.1) is 32.1 Å². The standard InChI is InChI=1S/C15H18N2OS/c1-9-5-10(2)15(11(3)6-9)19-8-14(18)13(7-16)12(4)17/h5-6H,8,17H2,1-4H3/b13-12+. The third-order valence-electron chi connectivity index (χ3n) is 2.74. The van der Waals surface area contributed by atoms with Crippen LogP contribution < -0.4 is 5.73 Å². The predicted octanol–water partition coefficient (Wildman–Crippen LogP) is 3.03. The minimum absolute atomic E-state index is 0.0647. The average Bonchev–Trinajstić information content (AvgIpc) is 2.27. The molecule has 0 bridgehead atoms. The number of benzene rings is 1. The zero-order chi connectivity index (χ0) is 14.6. The molecule has 0 unspecified atom stereocenters. The second-order valence-corrected chi connectivity index (χ2v) is 5.60. The van der Waals surface area contributed by atoms with E-state index in [1.54, 1.807) is 6.92 Å². The largest absolute Gasteiger partial charge is 0.401 e. The van der Waals surface area contributed by atoms with Crippen molar-refractivity contribution < 1.29 is 4.79 Å². The number of nitrogens with two attached hydrogens (primary N) is 1. The molecule has 0 radical (unpaired) electrons. The number of aryl methyl sites for hydroxylation is 3. The summed E-state index contributed by atoms with van der Waals surface area (Å²) in [5.74, 6) is 0.0224. The fourth-order valence-electron chi connectivity index (χ4n) is 1.97. The van der Waals surface area contributed by atoms with Crippen LogP contribution in [0.2, 0.25) is 0 Å². The van der Waals surface area contributed by atoms with Gasteiger partial charge in [0.15, 0.2) is 5.78 Å². The fourth-order valence-corrected chi connectivity index (χ4v) is 2.97. The molecule has 0 fully saturated rings. The van der Waals surface area contributed by atoms with Gasteiger partial charge in [-0.25, -0.2) is 0 Å². The molecule has 0 heterocycles. The Balaban J connectivity index is 2.88. The quantitative estimate of drug-likeness (QED) is 0.520. The topological polar surface area (TPSA) is 66.9 Å². The molecule has 3 nitrogen and oxygen atoms in total. The highest BCUT2D eigenvalue weighted by atomic mass is 32.2. The summed E-state index contributed by atoms with van der Waals surface area (Å²) in [5.41, 5.74) is 9.39. The van der Waals surface area contributed by atoms with Crippen molar-refractivity contribution in [1.82, 2.24) is 0 Å². The second kappa shape index (κ2) is 6.44. The first kappa shape index (κ1) is 15.3. The van der Waals surface area contributed by atoms with E-state index < -0.39 is 0 Å². The Kier molecular flexibility index (Phi) is 5.20. The first-order chi connectivity index (χ1) is 8.86. The lowest BCUT2D eigenvalue weighted by atomic mass is 10.1. The van der Waals surface area contributed by atoms with E-state index in [0.717, 1.165) is 16.0 Å². The number of rotatable bonds is 4. The molecule has 0 aliphatic rings. The molecular formula is C15H18N2OS. The number of Topliss-reactive ketones (excluding diaryl/α,β-unsaturated/α-hetero) is 1. The Morgan fingerprint density at radius 1 is 1.32 bits per heavy atom. The molecule has 0 aromatic heterocycles. The molecule has 2 N–H and O–H groups in total. The van der Waals surface area contributed by atoms with E-state index in [4.69, 9.17) is 11.0 Å². The number of hydrogen-bond donors (Lipinski definition) is 1. The van der Waals surface area contributed by atoms with Gasteiger partial charge in [0.05, 0.1) is 5.75 Å². The molecule has 4 heteroatoms. The molecule has 1 rings (SSSR count). The summed E-state index contributed by atoms with van der Waals surface area (Å²) >= 11 is 1.46. The Labute approximate surface area is 118 Å². The van der Waals surface area contributed by atoms with E-state index in [-0.39, 0.29) is 22.8 Å². The van der Waals surface area contributed by atoms with Crippen LogP contribution in [0.5, 0.6) is 0 Å². The number of ketones is 1. The summed E-state index contributed by atoms with van der Waals surface area (Å²) in [5, 5.41) is 8.89. The van der Waals surface area contributed by atoms with Crippen LogP contribution in [-0.4, -0.2) is 11.5 Å². The van der Waals surface area contributed by atoms with Crippen LogP contribution in [0.4, 0.5) is 0 Å². The maximum absolute atomic E-state index is 11.9. The summed E-state index contributed by atoms with van der Waals surface area (Å²) in [6.07, 6.45) is 0. The van der Waals surface area contributed by atoms with Gasteiger partial charge in [-0.05, 0) is 38.8 Å². The Morgan fingerprint density at radius 2 is 1.84 bits per heavy atom. The predicted molar refractivity (Wildman–Crippen MR) is 78.9 cm³/mol. The van der Waals surface area contributed by atoms with Gasteiger partial charge in [-0.2, -0.15) is 5.26 Å². The average molecular weight is 274 g/mol. The molecule has 0 amide bonds. The zero-order valence-electron chi connectivity index (χ0n) is 11.7. The maximum atomic E-state index is 11.9. The molecule has 0 saturated carbocycles. The van der Waals surface area contributed by atoms with E-state index in [0.29, 0.717) is 0 Å². The number of nitriles is 1. The van der Waals surface area contributed by atoms with Gasteiger partial charge in [0.1, 0.15) is 11.6 Å². The first-order valence-electron chi connectivity index (χ1n) is 5.97. The monoisotopic (exact) mass is 274 g/mol. The van der Waals surface area contributed by atoms with E-state index in [9.17, 15) is 4.79 Å². The van der Waals surface area contributed by atoms with E-state index in [1.165, 1.54) is 17.3 Å². The molecular weight excluding hydrogens is 256 g/mol. The van der Waals surface area contributed by atoms with Gasteiger partial charge in [-0.1, -0.05) is 17.7 Å². The molecule has 19 heavy (non-hydrogen) atoms. The molecule has 1 aromatic rings. The number of allylic oxidation sites excluding steroid dienone is 2. The van der Waals surface area contributed by atoms with Gasteiger partial charge in [0.2, 0.25) is 0 Å². The van der Waals surface area contributed by atoms with Crippen molar-refractivity contribution in [1.29, 1.82) is 5.26 Å². The Bertz CT molecular complexity index is 555. The van der Waals surface area contributed by atoms with Gasteiger partial charge < -0.3 is 5.73 Å². The van der Waals surface area contributed by atoms with Crippen molar-refractivity contribution in [3.8, 4) is 6.07 Å². The van der Waals surface area contributed by atoms with Crippen LogP contribution in [0.15, 0.2) is 28.3 Å². The van der Waals surface area contributed by atoms with Crippen LogP contribution in [0.3, 0.4) is 0 Å². The van der Waals surface area contributed by atoms with Crippen LogP contribution in [-0.2, 0) is 4.79 Å². The van der Waals surface area contributed by atoms with Gasteiger partial charge in [-0.15, -0.1) is 11.8 Å². The molecule has 100 valence electrons. The maximum Gasteiger partial charge on any atom is 0.185 e. The molecule has 1 aromatic carbocycles. The second-order valence-electron chi connectivity index (χ2n) is 4.61. The van der Waals surface area contributed by atoms with Crippen molar-refractivity contribution in [2.24, 2.45) is 5.73 Å². The van der Waals surface area contributed by atoms with Gasteiger partial charge >= 0.3 is 0 Å². The SMILES string of the molecule is C/C(N)=C(/C#N)C(=O)CSc1c(C)cc(C)cc1C. The summed E-state index contributed by atoms with van der Waals surface area (Å²) in [6.45, 7) is 7.68. The normalized spacial score (nSPS) is 11.7. The van der Waals surface area contributed by atoms with Crippen molar-refractivity contribution in [3.63, 3.8) is 0 Å². The summed E-state index contributed by atoms with van der Waals surface area (Å²) in [6, 6.07) is 6.05. The number of hydrogen-bond acceptors (Lipinski definition) is 4. The number of carbonyl (C=O) groups is 1. The fraction of sp³-hybridized carbons (Fsp3) is 0.333. The highest BCUT2D eigenvalue weighted by Crippen LogP contribution is 2.28. The van der Waals surface area contributed by atoms with Crippen molar-refractivity contribution in [3.05, 3.63) is 40.1 Å². The van der Waals surface area contributed by atoms with Crippen molar-refractivity contribution in [2.45, 2.75) is 32.6 Å². The summed E-state index contributed by atoms with van der Waals surface area (Å²) in [7, 11) is 0. The molecule has 0 aliphatic heterocycles. The third-order valence-corrected chi connectivity index (χ3v) is 4.08. The first-order valence-corrected chi connectivity index (χ1v) is 6.95. The zero-order valence-corrected chi connectivity index (χ0v) is 12.5. The van der Waals surface area contributed by atoms with Crippen LogP contribution in [0.25, 0.3) is 0 Å². The highest BCUT2D eigenvalue weighted by molar-refractivity contribution is 8.00. The minimum Gasteiger partial charge on any atom is -0.401 e. The van der Waals surface area contributed by atoms with E-state index in [2.05, 4.69) is 12.1 Å². The van der Waals surface area contributed by atoms with Gasteiger partial charge in [0, 0.05) is 10.6 Å². The number of carbonyl (C=O) groups excluding carboxylic acids is 1. The van der Waals surface area contributed by atoms with Crippen LogP contribution in [0.1, 0.15) is 23.6 Å². The number of thioether (sulfide) groups is 1. The smallest absolute Gasteiger partial charge is 0.185 e. The van der Waals surface area contributed by atoms with Gasteiger partial charge in [0.25, 0.3) is 0 Å². The van der Waals surface area contributed by atoms with Crippen molar-refractivity contribution in [2.75, 3.05) is 5.75 Å². The van der Waals surface area contributed by atoms with E-state index >= 15 is 0 Å².